The van der Waals surface area contributed by atoms with Crippen molar-refractivity contribution in [3.63, 3.8) is 0 Å². The summed E-state index contributed by atoms with van der Waals surface area (Å²) in [6.45, 7) is 0.969. The number of anilines is 2. The van der Waals surface area contributed by atoms with Crippen LogP contribution in [-0.2, 0) is 9.53 Å². The number of amides is 2. The van der Waals surface area contributed by atoms with Gasteiger partial charge in [-0.3, -0.25) is 9.69 Å². The maximum absolute atomic E-state index is 12.2. The molecule has 0 radical (unpaired) electrons. The standard InChI is InChI=1S/C16H20N2O3/c19-15(12-5-2-1-3-6-12)17-13-7-4-8-14(11-13)18-9-10-21-16(18)20/h4,7-8,11-12H,1-3,5-6,9-10H2,(H,17,19). The van der Waals surface area contributed by atoms with Crippen LogP contribution < -0.4 is 10.2 Å². The van der Waals surface area contributed by atoms with Gasteiger partial charge < -0.3 is 10.1 Å². The molecule has 1 heterocycles. The lowest BCUT2D eigenvalue weighted by atomic mass is 9.88. The summed E-state index contributed by atoms with van der Waals surface area (Å²) in [7, 11) is 0. The largest absolute Gasteiger partial charge is 0.447 e. The molecule has 2 fully saturated rings. The predicted octanol–water partition coefficient (Wildman–Crippen LogP) is 3.16. The van der Waals surface area contributed by atoms with Crippen LogP contribution in [0.5, 0.6) is 0 Å². The summed E-state index contributed by atoms with van der Waals surface area (Å²) in [4.78, 5) is 25.4. The SMILES string of the molecule is O=C(Nc1cccc(N2CCOC2=O)c1)C1CCCCC1. The molecule has 0 unspecified atom stereocenters. The van der Waals surface area contributed by atoms with Crippen molar-refractivity contribution in [2.24, 2.45) is 5.92 Å². The van der Waals surface area contributed by atoms with Crippen LogP contribution in [0.2, 0.25) is 0 Å². The molecule has 1 saturated carbocycles. The summed E-state index contributed by atoms with van der Waals surface area (Å²) in [5.74, 6) is 0.218. The molecule has 1 aliphatic heterocycles. The highest BCUT2D eigenvalue weighted by molar-refractivity contribution is 5.94. The average molecular weight is 288 g/mol. The van der Waals surface area contributed by atoms with Gasteiger partial charge in [0, 0.05) is 17.3 Å². The highest BCUT2D eigenvalue weighted by Gasteiger charge is 2.24. The van der Waals surface area contributed by atoms with Crippen LogP contribution in [0.4, 0.5) is 16.2 Å². The Bertz CT molecular complexity index is 538. The Balaban J connectivity index is 1.68. The molecule has 1 aromatic carbocycles. The monoisotopic (exact) mass is 288 g/mol. The first-order chi connectivity index (χ1) is 10.2. The summed E-state index contributed by atoms with van der Waals surface area (Å²) in [5.41, 5.74) is 1.50. The first-order valence-corrected chi connectivity index (χ1v) is 7.59. The molecule has 0 bridgehead atoms. The Hall–Kier alpha value is -2.04. The summed E-state index contributed by atoms with van der Waals surface area (Å²) in [5, 5.41) is 2.97. The molecule has 3 rings (SSSR count). The predicted molar refractivity (Wildman–Crippen MR) is 80.3 cm³/mol. The first-order valence-electron chi connectivity index (χ1n) is 7.59. The molecular formula is C16H20N2O3. The van der Waals surface area contributed by atoms with Crippen molar-refractivity contribution in [2.45, 2.75) is 32.1 Å². The molecule has 21 heavy (non-hydrogen) atoms. The quantitative estimate of drug-likeness (QED) is 0.929. The lowest BCUT2D eigenvalue weighted by Gasteiger charge is -2.21. The fraction of sp³-hybridized carbons (Fsp3) is 0.500. The number of cyclic esters (lactones) is 1. The zero-order chi connectivity index (χ0) is 14.7. The number of benzene rings is 1. The van der Waals surface area contributed by atoms with Crippen molar-refractivity contribution >= 4 is 23.4 Å². The highest BCUT2D eigenvalue weighted by Crippen LogP contribution is 2.26. The summed E-state index contributed by atoms with van der Waals surface area (Å²) in [6, 6.07) is 7.37. The van der Waals surface area contributed by atoms with Crippen LogP contribution in [0.25, 0.3) is 0 Å². The van der Waals surface area contributed by atoms with Gasteiger partial charge in [-0.25, -0.2) is 4.79 Å². The summed E-state index contributed by atoms with van der Waals surface area (Å²) >= 11 is 0. The number of nitrogens with one attached hydrogen (secondary N) is 1. The van der Waals surface area contributed by atoms with E-state index < -0.39 is 0 Å². The number of hydrogen-bond acceptors (Lipinski definition) is 3. The second kappa shape index (κ2) is 6.16. The topological polar surface area (TPSA) is 58.6 Å². The molecule has 5 heteroatoms. The third-order valence-corrected chi connectivity index (χ3v) is 4.16. The van der Waals surface area contributed by atoms with Crippen molar-refractivity contribution in [2.75, 3.05) is 23.4 Å². The van der Waals surface area contributed by atoms with E-state index >= 15 is 0 Å². The van der Waals surface area contributed by atoms with Gasteiger partial charge in [0.25, 0.3) is 0 Å². The van der Waals surface area contributed by atoms with E-state index in [1.54, 1.807) is 4.90 Å². The molecule has 2 amide bonds. The van der Waals surface area contributed by atoms with Crippen molar-refractivity contribution < 1.29 is 14.3 Å². The smallest absolute Gasteiger partial charge is 0.414 e. The third-order valence-electron chi connectivity index (χ3n) is 4.16. The van der Waals surface area contributed by atoms with Crippen LogP contribution in [0.15, 0.2) is 24.3 Å². The van der Waals surface area contributed by atoms with Gasteiger partial charge in [0.2, 0.25) is 5.91 Å². The second-order valence-corrected chi connectivity index (χ2v) is 5.64. The molecule has 1 N–H and O–H groups in total. The minimum absolute atomic E-state index is 0.0934. The van der Waals surface area contributed by atoms with Gasteiger partial charge in [-0.1, -0.05) is 25.3 Å². The Morgan fingerprint density at radius 1 is 1.24 bits per heavy atom. The average Bonchev–Trinajstić information content (AvgIpc) is 2.94. The Morgan fingerprint density at radius 2 is 2.05 bits per heavy atom. The molecule has 0 spiro atoms. The van der Waals surface area contributed by atoms with E-state index in [4.69, 9.17) is 4.74 Å². The molecule has 2 aliphatic rings. The van der Waals surface area contributed by atoms with Crippen LogP contribution in [-0.4, -0.2) is 25.2 Å². The van der Waals surface area contributed by atoms with Gasteiger partial charge in [0.15, 0.2) is 0 Å². The minimum atomic E-state index is -0.328. The molecular weight excluding hydrogens is 268 g/mol. The van der Waals surface area contributed by atoms with Crippen LogP contribution in [0.1, 0.15) is 32.1 Å². The van der Waals surface area contributed by atoms with Crippen molar-refractivity contribution in [3.05, 3.63) is 24.3 Å². The zero-order valence-electron chi connectivity index (χ0n) is 12.0. The van der Waals surface area contributed by atoms with E-state index in [1.807, 2.05) is 24.3 Å². The zero-order valence-corrected chi connectivity index (χ0v) is 12.0. The summed E-state index contributed by atoms with van der Waals surface area (Å²) < 4.78 is 4.94. The van der Waals surface area contributed by atoms with Crippen molar-refractivity contribution in [1.29, 1.82) is 0 Å². The van der Waals surface area contributed by atoms with Gasteiger partial charge in [0.05, 0.1) is 6.54 Å². The van der Waals surface area contributed by atoms with Crippen LogP contribution in [0, 0.1) is 5.92 Å². The number of hydrogen-bond donors (Lipinski definition) is 1. The lowest BCUT2D eigenvalue weighted by Crippen LogP contribution is -2.25. The molecule has 112 valence electrons. The number of ether oxygens (including phenoxy) is 1. The van der Waals surface area contributed by atoms with Crippen LogP contribution in [0.3, 0.4) is 0 Å². The Morgan fingerprint density at radius 3 is 2.76 bits per heavy atom. The van der Waals surface area contributed by atoms with E-state index in [2.05, 4.69) is 5.32 Å². The molecule has 5 nitrogen and oxygen atoms in total. The van der Waals surface area contributed by atoms with E-state index in [9.17, 15) is 9.59 Å². The highest BCUT2D eigenvalue weighted by atomic mass is 16.6. The normalized spacial score (nSPS) is 19.4. The van der Waals surface area contributed by atoms with Gasteiger partial charge in [-0.2, -0.15) is 0 Å². The minimum Gasteiger partial charge on any atom is -0.447 e. The van der Waals surface area contributed by atoms with Gasteiger partial charge in [-0.05, 0) is 31.0 Å². The maximum atomic E-state index is 12.2. The fourth-order valence-electron chi connectivity index (χ4n) is 2.99. The van der Waals surface area contributed by atoms with Crippen molar-refractivity contribution in [3.8, 4) is 0 Å². The van der Waals surface area contributed by atoms with Gasteiger partial charge >= 0.3 is 6.09 Å². The van der Waals surface area contributed by atoms with E-state index in [0.717, 1.165) is 37.1 Å². The molecule has 1 saturated heterocycles. The molecule has 1 aliphatic carbocycles. The number of nitrogens with zero attached hydrogens (tertiary/aromatic N) is 1. The molecule has 0 aromatic heterocycles. The van der Waals surface area contributed by atoms with Gasteiger partial charge in [-0.15, -0.1) is 0 Å². The lowest BCUT2D eigenvalue weighted by molar-refractivity contribution is -0.120. The van der Waals surface area contributed by atoms with Gasteiger partial charge in [0.1, 0.15) is 6.61 Å². The Kier molecular flexibility index (Phi) is 4.08. The molecule has 1 aromatic rings. The fourth-order valence-corrected chi connectivity index (χ4v) is 2.99. The first kappa shape index (κ1) is 13.9. The van der Waals surface area contributed by atoms with Crippen molar-refractivity contribution in [1.82, 2.24) is 0 Å². The van der Waals surface area contributed by atoms with E-state index in [0.29, 0.717) is 13.2 Å². The molecule has 0 atom stereocenters. The maximum Gasteiger partial charge on any atom is 0.414 e. The number of carbonyl (C=O) groups is 2. The summed E-state index contributed by atoms with van der Waals surface area (Å²) in [6.07, 6.45) is 5.13. The van der Waals surface area contributed by atoms with E-state index in [-0.39, 0.29) is 17.9 Å². The third kappa shape index (κ3) is 3.17. The Labute approximate surface area is 124 Å². The number of rotatable bonds is 3. The van der Waals surface area contributed by atoms with E-state index in [1.165, 1.54) is 6.42 Å². The second-order valence-electron chi connectivity index (χ2n) is 5.64. The number of carbonyl (C=O) groups excluding carboxylic acids is 2. The van der Waals surface area contributed by atoms with Crippen LogP contribution >= 0.6 is 0 Å².